The first-order valence-electron chi connectivity index (χ1n) is 10.2. The third kappa shape index (κ3) is 5.01. The fourth-order valence-electron chi connectivity index (χ4n) is 3.30. The molecule has 3 aromatic carbocycles. The van der Waals surface area contributed by atoms with Crippen molar-refractivity contribution in [3.8, 4) is 17.0 Å². The molecule has 0 atom stereocenters. The second-order valence-electron chi connectivity index (χ2n) is 7.30. The molecule has 1 aromatic heterocycles. The number of ether oxygens (including phenoxy) is 1. The van der Waals surface area contributed by atoms with Crippen molar-refractivity contribution in [2.45, 2.75) is 13.3 Å². The monoisotopic (exact) mass is 428 g/mol. The molecule has 1 heterocycles. The molecule has 31 heavy (non-hydrogen) atoms. The number of aromatic nitrogens is 1. The number of methoxy groups -OCH3 is 1. The van der Waals surface area contributed by atoms with Gasteiger partial charge in [-0.15, -0.1) is 11.3 Å². The Morgan fingerprint density at radius 1 is 0.968 bits per heavy atom. The summed E-state index contributed by atoms with van der Waals surface area (Å²) in [7, 11) is 1.62. The van der Waals surface area contributed by atoms with Gasteiger partial charge in [-0.25, -0.2) is 4.98 Å². The van der Waals surface area contributed by atoms with Crippen molar-refractivity contribution < 1.29 is 9.53 Å². The van der Waals surface area contributed by atoms with Crippen LogP contribution in [0.1, 0.15) is 21.5 Å². The molecule has 0 aliphatic carbocycles. The van der Waals surface area contributed by atoms with E-state index < -0.39 is 0 Å². The Balaban J connectivity index is 1.62. The highest BCUT2D eigenvalue weighted by atomic mass is 32.1. The number of carbonyl (C=O) groups excluding carboxylic acids is 1. The van der Waals surface area contributed by atoms with Crippen LogP contribution in [0.2, 0.25) is 0 Å². The molecule has 0 spiro atoms. The van der Waals surface area contributed by atoms with Gasteiger partial charge in [0.2, 0.25) is 0 Å². The molecular formula is C26H24N2O2S. The summed E-state index contributed by atoms with van der Waals surface area (Å²) in [6.45, 7) is 2.62. The molecule has 0 fully saturated rings. The highest BCUT2D eigenvalue weighted by Gasteiger charge is 2.21. The van der Waals surface area contributed by atoms with Crippen LogP contribution >= 0.6 is 11.3 Å². The summed E-state index contributed by atoms with van der Waals surface area (Å²) < 4.78 is 5.22. The van der Waals surface area contributed by atoms with Crippen LogP contribution in [0.25, 0.3) is 11.3 Å². The number of aryl methyl sites for hydroxylation is 1. The lowest BCUT2D eigenvalue weighted by Gasteiger charge is -2.20. The Bertz CT molecular complexity index is 1140. The van der Waals surface area contributed by atoms with Gasteiger partial charge in [-0.05, 0) is 43.2 Å². The summed E-state index contributed by atoms with van der Waals surface area (Å²) in [6.07, 6.45) is 0.752. The van der Waals surface area contributed by atoms with Gasteiger partial charge in [0.05, 0.1) is 12.8 Å². The number of benzene rings is 3. The third-order valence-electron chi connectivity index (χ3n) is 5.12. The van der Waals surface area contributed by atoms with Gasteiger partial charge in [-0.3, -0.25) is 9.69 Å². The predicted molar refractivity (Wildman–Crippen MR) is 127 cm³/mol. The Labute approximate surface area is 186 Å². The Kier molecular flexibility index (Phi) is 6.43. The number of thiazole rings is 1. The van der Waals surface area contributed by atoms with Crippen molar-refractivity contribution in [2.75, 3.05) is 18.6 Å². The van der Waals surface area contributed by atoms with Crippen LogP contribution in [-0.2, 0) is 6.42 Å². The third-order valence-corrected chi connectivity index (χ3v) is 5.98. The van der Waals surface area contributed by atoms with Crippen molar-refractivity contribution in [3.63, 3.8) is 0 Å². The molecule has 0 unspecified atom stereocenters. The summed E-state index contributed by atoms with van der Waals surface area (Å²) in [6, 6.07) is 25.7. The fourth-order valence-corrected chi connectivity index (χ4v) is 4.16. The number of hydrogen-bond acceptors (Lipinski definition) is 4. The fraction of sp³-hybridized carbons (Fsp3) is 0.154. The smallest absolute Gasteiger partial charge is 0.260 e. The van der Waals surface area contributed by atoms with E-state index in [-0.39, 0.29) is 5.91 Å². The summed E-state index contributed by atoms with van der Waals surface area (Å²) >= 11 is 1.49. The zero-order valence-corrected chi connectivity index (χ0v) is 18.4. The van der Waals surface area contributed by atoms with E-state index in [1.165, 1.54) is 22.5 Å². The number of nitrogens with zero attached hydrogens (tertiary/aromatic N) is 2. The minimum absolute atomic E-state index is 0.0663. The largest absolute Gasteiger partial charge is 0.497 e. The lowest BCUT2D eigenvalue weighted by Crippen LogP contribution is -2.32. The molecule has 4 nitrogen and oxygen atoms in total. The van der Waals surface area contributed by atoms with Crippen molar-refractivity contribution in [1.82, 2.24) is 4.98 Å². The van der Waals surface area contributed by atoms with Crippen LogP contribution in [-0.4, -0.2) is 24.5 Å². The predicted octanol–water partition coefficient (Wildman–Crippen LogP) is 6.02. The molecule has 0 saturated carbocycles. The molecule has 1 amide bonds. The van der Waals surface area contributed by atoms with Crippen molar-refractivity contribution in [1.29, 1.82) is 0 Å². The molecular weight excluding hydrogens is 404 g/mol. The van der Waals surface area contributed by atoms with Crippen molar-refractivity contribution >= 4 is 22.4 Å². The van der Waals surface area contributed by atoms with Gasteiger partial charge in [0.15, 0.2) is 5.13 Å². The average molecular weight is 429 g/mol. The molecule has 5 heteroatoms. The molecule has 0 saturated heterocycles. The summed E-state index contributed by atoms with van der Waals surface area (Å²) in [4.78, 5) is 20.0. The average Bonchev–Trinajstić information content (AvgIpc) is 3.30. The maximum atomic E-state index is 13.4. The summed E-state index contributed by atoms with van der Waals surface area (Å²) in [5.41, 5.74) is 4.94. The van der Waals surface area contributed by atoms with E-state index in [0.717, 1.165) is 23.4 Å². The number of hydrogen-bond donors (Lipinski definition) is 0. The molecule has 0 bridgehead atoms. The minimum Gasteiger partial charge on any atom is -0.497 e. The van der Waals surface area contributed by atoms with Gasteiger partial charge >= 0.3 is 0 Å². The number of carbonyl (C=O) groups is 1. The second-order valence-corrected chi connectivity index (χ2v) is 8.14. The number of rotatable bonds is 7. The van der Waals surface area contributed by atoms with Crippen molar-refractivity contribution in [2.24, 2.45) is 0 Å². The maximum absolute atomic E-state index is 13.4. The first kappa shape index (κ1) is 20.8. The van der Waals surface area contributed by atoms with Gasteiger partial charge in [0.25, 0.3) is 5.91 Å². The maximum Gasteiger partial charge on any atom is 0.260 e. The van der Waals surface area contributed by atoms with E-state index in [2.05, 4.69) is 43.3 Å². The highest BCUT2D eigenvalue weighted by molar-refractivity contribution is 7.14. The van der Waals surface area contributed by atoms with E-state index in [1.807, 2.05) is 35.7 Å². The van der Waals surface area contributed by atoms with Crippen LogP contribution < -0.4 is 9.64 Å². The van der Waals surface area contributed by atoms with E-state index in [0.29, 0.717) is 17.2 Å². The van der Waals surface area contributed by atoms with E-state index >= 15 is 0 Å². The Morgan fingerprint density at radius 2 is 1.68 bits per heavy atom. The van der Waals surface area contributed by atoms with E-state index in [1.54, 1.807) is 24.1 Å². The number of amides is 1. The molecule has 0 aliphatic rings. The van der Waals surface area contributed by atoms with Gasteiger partial charge in [0, 0.05) is 23.1 Å². The lowest BCUT2D eigenvalue weighted by molar-refractivity contribution is 0.0987. The van der Waals surface area contributed by atoms with Crippen LogP contribution in [0.3, 0.4) is 0 Å². The highest BCUT2D eigenvalue weighted by Crippen LogP contribution is 2.29. The molecule has 0 N–H and O–H groups in total. The topological polar surface area (TPSA) is 42.4 Å². The van der Waals surface area contributed by atoms with Crippen molar-refractivity contribution in [3.05, 3.63) is 101 Å². The minimum atomic E-state index is -0.0663. The molecule has 0 radical (unpaired) electrons. The quantitative estimate of drug-likeness (QED) is 0.362. The Hall–Kier alpha value is -3.44. The zero-order chi connectivity index (χ0) is 21.6. The molecule has 156 valence electrons. The van der Waals surface area contributed by atoms with Crippen LogP contribution in [0, 0.1) is 6.92 Å². The van der Waals surface area contributed by atoms with Crippen LogP contribution in [0.5, 0.6) is 5.75 Å². The summed E-state index contributed by atoms with van der Waals surface area (Å²) in [5.74, 6) is 0.659. The number of anilines is 1. The first-order valence-corrected chi connectivity index (χ1v) is 11.0. The van der Waals surface area contributed by atoms with Gasteiger partial charge in [-0.1, -0.05) is 60.2 Å². The molecule has 4 rings (SSSR count). The van der Waals surface area contributed by atoms with Gasteiger partial charge in [0.1, 0.15) is 5.75 Å². The van der Waals surface area contributed by atoms with E-state index in [9.17, 15) is 4.79 Å². The SMILES string of the molecule is COc1ccc(C(=O)N(CCc2ccccc2)c2nc(-c3ccc(C)cc3)cs2)cc1. The summed E-state index contributed by atoms with van der Waals surface area (Å²) in [5, 5.41) is 2.71. The van der Waals surface area contributed by atoms with Gasteiger partial charge in [-0.2, -0.15) is 0 Å². The normalized spacial score (nSPS) is 10.6. The second kappa shape index (κ2) is 9.58. The molecule has 0 aliphatic heterocycles. The van der Waals surface area contributed by atoms with Crippen LogP contribution in [0.15, 0.2) is 84.2 Å². The zero-order valence-electron chi connectivity index (χ0n) is 17.6. The first-order chi connectivity index (χ1) is 15.1. The molecule has 4 aromatic rings. The van der Waals surface area contributed by atoms with Gasteiger partial charge < -0.3 is 4.74 Å². The lowest BCUT2D eigenvalue weighted by atomic mass is 10.1. The van der Waals surface area contributed by atoms with Crippen LogP contribution in [0.4, 0.5) is 5.13 Å². The Morgan fingerprint density at radius 3 is 2.35 bits per heavy atom. The van der Waals surface area contributed by atoms with E-state index in [4.69, 9.17) is 9.72 Å². The standard InChI is InChI=1S/C26H24N2O2S/c1-19-8-10-21(11-9-19)24-18-31-26(27-24)28(17-16-20-6-4-3-5-7-20)25(29)22-12-14-23(30-2)15-13-22/h3-15,18H,16-17H2,1-2H3.